The predicted molar refractivity (Wildman–Crippen MR) is 151 cm³/mol. The Bertz CT molecular complexity index is 1420. The van der Waals surface area contributed by atoms with Gasteiger partial charge in [0.05, 0.1) is 29.3 Å². The maximum absolute atomic E-state index is 12.8. The Morgan fingerprint density at radius 1 is 0.950 bits per heavy atom. The van der Waals surface area contributed by atoms with Crippen molar-refractivity contribution in [3.63, 3.8) is 0 Å². The van der Waals surface area contributed by atoms with Crippen LogP contribution in [0.5, 0.6) is 0 Å². The van der Waals surface area contributed by atoms with Gasteiger partial charge < -0.3 is 20.7 Å². The van der Waals surface area contributed by atoms with Gasteiger partial charge in [-0.1, -0.05) is 23.5 Å². The van der Waals surface area contributed by atoms with Gasteiger partial charge in [-0.05, 0) is 54.1 Å². The van der Waals surface area contributed by atoms with Crippen LogP contribution in [0.2, 0.25) is 0 Å². The molecule has 0 atom stereocenters. The number of aromatic nitrogens is 2. The number of benzene rings is 2. The number of rotatable bonds is 8. The minimum Gasteiger partial charge on any atom is -0.379 e. The topological polar surface area (TPSA) is 91.4 Å². The van der Waals surface area contributed by atoms with Crippen molar-refractivity contribution in [2.45, 2.75) is 6.18 Å². The van der Waals surface area contributed by atoms with Crippen LogP contribution in [-0.4, -0.2) is 60.3 Å². The van der Waals surface area contributed by atoms with Crippen LogP contribution in [0.4, 0.5) is 34.5 Å². The maximum Gasteiger partial charge on any atom is 0.416 e. The third-order valence-electron chi connectivity index (χ3n) is 6.24. The number of hydrogen-bond donors (Lipinski definition) is 3. The van der Waals surface area contributed by atoms with Crippen molar-refractivity contribution in [2.24, 2.45) is 0 Å². The Labute approximate surface area is 233 Å². The first-order valence-electron chi connectivity index (χ1n) is 12.7. The summed E-state index contributed by atoms with van der Waals surface area (Å²) in [6.07, 6.45) is -1.01. The lowest BCUT2D eigenvalue weighted by Gasteiger charge is -2.26. The van der Waals surface area contributed by atoms with Gasteiger partial charge in [0, 0.05) is 55.5 Å². The molecule has 40 heavy (non-hydrogen) atoms. The molecule has 0 aliphatic carbocycles. The van der Waals surface area contributed by atoms with E-state index in [4.69, 9.17) is 9.72 Å². The van der Waals surface area contributed by atoms with Crippen LogP contribution >= 0.6 is 11.3 Å². The number of thiazole rings is 1. The fraction of sp³-hybridized carbons (Fsp3) is 0.250. The van der Waals surface area contributed by atoms with E-state index in [1.807, 2.05) is 30.3 Å². The van der Waals surface area contributed by atoms with E-state index >= 15 is 0 Å². The number of nitrogens with one attached hydrogen (secondary N) is 3. The smallest absolute Gasteiger partial charge is 0.379 e. The number of halogens is 3. The van der Waals surface area contributed by atoms with Crippen LogP contribution < -0.4 is 16.0 Å². The number of morpholine rings is 1. The van der Waals surface area contributed by atoms with Crippen LogP contribution in [-0.2, 0) is 10.9 Å². The Kier molecular flexibility index (Phi) is 8.58. The lowest BCUT2D eigenvalue weighted by Crippen LogP contribution is -2.38. The zero-order valence-electron chi connectivity index (χ0n) is 21.4. The molecule has 5 rings (SSSR count). The predicted octanol–water partition coefficient (Wildman–Crippen LogP) is 6.28. The molecule has 208 valence electrons. The Morgan fingerprint density at radius 2 is 1.68 bits per heavy atom. The molecule has 3 N–H and O–H groups in total. The minimum absolute atomic E-state index is 0.247. The van der Waals surface area contributed by atoms with Crippen molar-refractivity contribution < 1.29 is 22.7 Å². The number of nitrogens with zero attached hydrogens (tertiary/aromatic N) is 3. The summed E-state index contributed by atoms with van der Waals surface area (Å²) >= 11 is 1.52. The molecule has 0 unspecified atom stereocenters. The third kappa shape index (κ3) is 7.14. The fourth-order valence-corrected chi connectivity index (χ4v) is 5.23. The average Bonchev–Trinajstić information content (AvgIpc) is 3.38. The van der Waals surface area contributed by atoms with Crippen molar-refractivity contribution >= 4 is 33.9 Å². The number of amides is 2. The molecule has 0 saturated carbocycles. The largest absolute Gasteiger partial charge is 0.416 e. The monoisotopic (exact) mass is 568 g/mol. The van der Waals surface area contributed by atoms with E-state index < -0.39 is 17.8 Å². The number of carbonyl (C=O) groups excluding carboxylic acids is 1. The van der Waals surface area contributed by atoms with Crippen molar-refractivity contribution in [3.8, 4) is 21.7 Å². The molecular weight excluding hydrogens is 541 g/mol. The van der Waals surface area contributed by atoms with Crippen LogP contribution in [0, 0.1) is 0 Å². The van der Waals surface area contributed by atoms with Crippen LogP contribution in [0.15, 0.2) is 73.1 Å². The third-order valence-corrected chi connectivity index (χ3v) is 7.30. The fourth-order valence-electron chi connectivity index (χ4n) is 4.22. The van der Waals surface area contributed by atoms with Gasteiger partial charge in [0.25, 0.3) is 0 Å². The highest BCUT2D eigenvalue weighted by Crippen LogP contribution is 2.39. The SMILES string of the molecule is O=C(Nc1ccc(C(F)(F)F)cc1)Nc1cccc(-c2sc(NCCN3CCOCC3)nc2-c2ccncc2)c1. The second-order valence-corrected chi connectivity index (χ2v) is 10.0. The number of anilines is 3. The van der Waals surface area contributed by atoms with E-state index in [0.29, 0.717) is 5.69 Å². The van der Waals surface area contributed by atoms with Crippen LogP contribution in [0.25, 0.3) is 21.7 Å². The van der Waals surface area contributed by atoms with Crippen molar-refractivity contribution in [1.29, 1.82) is 0 Å². The molecule has 8 nitrogen and oxygen atoms in total. The summed E-state index contributed by atoms with van der Waals surface area (Å²) in [4.78, 5) is 24.8. The van der Waals surface area contributed by atoms with Crippen molar-refractivity contribution in [3.05, 3.63) is 78.6 Å². The summed E-state index contributed by atoms with van der Waals surface area (Å²) in [6, 6.07) is 14.8. The standard InChI is InChI=1S/C28H27F3N6O2S/c29-28(30,31)21-4-6-22(7-5-21)34-26(38)35-23-3-1-2-20(18-23)25-24(19-8-10-32-11-9-19)36-27(40-25)33-12-13-37-14-16-39-17-15-37/h1-11,18H,12-17H2,(H,33,36)(H2,34,35,38). The first kappa shape index (κ1) is 27.6. The van der Waals surface area contributed by atoms with E-state index in [9.17, 15) is 18.0 Å². The Balaban J connectivity index is 1.30. The lowest BCUT2D eigenvalue weighted by atomic mass is 10.1. The summed E-state index contributed by atoms with van der Waals surface area (Å²) in [5.74, 6) is 0. The van der Waals surface area contributed by atoms with Crippen LogP contribution in [0.3, 0.4) is 0 Å². The summed E-state index contributed by atoms with van der Waals surface area (Å²) in [5, 5.41) is 9.54. The van der Waals surface area contributed by atoms with Gasteiger partial charge in [0.1, 0.15) is 0 Å². The normalized spacial score (nSPS) is 14.1. The molecule has 2 aromatic carbocycles. The summed E-state index contributed by atoms with van der Waals surface area (Å²) in [6.45, 7) is 4.96. The second kappa shape index (κ2) is 12.5. The summed E-state index contributed by atoms with van der Waals surface area (Å²) in [7, 11) is 0. The van der Waals surface area contributed by atoms with Gasteiger partial charge in [0.15, 0.2) is 5.13 Å². The minimum atomic E-state index is -4.44. The van der Waals surface area contributed by atoms with Crippen molar-refractivity contribution in [2.75, 3.05) is 55.3 Å². The molecule has 1 saturated heterocycles. The van der Waals surface area contributed by atoms with Crippen molar-refractivity contribution in [1.82, 2.24) is 14.9 Å². The Hall–Kier alpha value is -4.00. The number of urea groups is 1. The number of alkyl halides is 3. The molecule has 2 amide bonds. The molecule has 2 aromatic heterocycles. The maximum atomic E-state index is 12.8. The highest BCUT2D eigenvalue weighted by Gasteiger charge is 2.30. The molecule has 0 spiro atoms. The zero-order chi connectivity index (χ0) is 28.0. The Morgan fingerprint density at radius 3 is 2.40 bits per heavy atom. The van der Waals surface area contributed by atoms with E-state index in [1.54, 1.807) is 18.5 Å². The van der Waals surface area contributed by atoms with Gasteiger partial charge in [-0.2, -0.15) is 13.2 Å². The van der Waals surface area contributed by atoms with Gasteiger partial charge in [-0.15, -0.1) is 0 Å². The van der Waals surface area contributed by atoms with E-state index in [-0.39, 0.29) is 5.69 Å². The molecule has 0 radical (unpaired) electrons. The highest BCUT2D eigenvalue weighted by atomic mass is 32.1. The van der Waals surface area contributed by atoms with Gasteiger partial charge in [-0.3, -0.25) is 9.88 Å². The molecule has 1 aliphatic heterocycles. The number of hydrogen-bond acceptors (Lipinski definition) is 7. The van der Waals surface area contributed by atoms with Crippen LogP contribution in [0.1, 0.15) is 5.56 Å². The number of ether oxygens (including phenoxy) is 1. The second-order valence-electron chi connectivity index (χ2n) is 9.05. The lowest BCUT2D eigenvalue weighted by molar-refractivity contribution is -0.137. The molecule has 4 aromatic rings. The molecule has 1 fully saturated rings. The van der Waals surface area contributed by atoms with E-state index in [1.165, 1.54) is 23.5 Å². The van der Waals surface area contributed by atoms with Gasteiger partial charge in [-0.25, -0.2) is 9.78 Å². The molecule has 0 bridgehead atoms. The quantitative estimate of drug-likeness (QED) is 0.232. The van der Waals surface area contributed by atoms with Gasteiger partial charge in [0.2, 0.25) is 0 Å². The zero-order valence-corrected chi connectivity index (χ0v) is 22.2. The van der Waals surface area contributed by atoms with Gasteiger partial charge >= 0.3 is 12.2 Å². The number of carbonyl (C=O) groups is 1. The van der Waals surface area contributed by atoms with E-state index in [0.717, 1.165) is 78.4 Å². The summed E-state index contributed by atoms with van der Waals surface area (Å²) in [5.41, 5.74) is 2.57. The molecule has 3 heterocycles. The molecule has 12 heteroatoms. The summed E-state index contributed by atoms with van der Waals surface area (Å²) < 4.78 is 43.8. The molecule has 1 aliphatic rings. The highest BCUT2D eigenvalue weighted by molar-refractivity contribution is 7.19. The van der Waals surface area contributed by atoms with E-state index in [2.05, 4.69) is 25.8 Å². The molecular formula is C28H27F3N6O2S. The average molecular weight is 569 g/mol. The first-order valence-corrected chi connectivity index (χ1v) is 13.5. The number of pyridine rings is 1. The first-order chi connectivity index (χ1) is 19.3.